The highest BCUT2D eigenvalue weighted by Gasteiger charge is 2.35. The number of aliphatic carboxylic acids is 1. The third-order valence-electron chi connectivity index (χ3n) is 6.47. The van der Waals surface area contributed by atoms with Gasteiger partial charge >= 0.3 is 5.97 Å². The van der Waals surface area contributed by atoms with Crippen LogP contribution in [0.5, 0.6) is 0 Å². The highest BCUT2D eigenvalue weighted by molar-refractivity contribution is 5.80. The lowest BCUT2D eigenvalue weighted by Gasteiger charge is -2.38. The Balaban J connectivity index is 1.42. The standard InChI is InChI=1S/C20H33NO4/c1-14-5-7-17(8-6-14)25-18-9-11-21(12-10-18)19(22)15-3-2-4-16(13-15)20(23)24/h14-18H,2-13H2,1H3,(H,23,24). The lowest BCUT2D eigenvalue weighted by molar-refractivity contribution is -0.146. The van der Waals surface area contributed by atoms with Crippen molar-refractivity contribution in [3.05, 3.63) is 0 Å². The molecule has 2 unspecified atom stereocenters. The van der Waals surface area contributed by atoms with E-state index < -0.39 is 5.97 Å². The fraction of sp³-hybridized carbons (Fsp3) is 0.900. The average molecular weight is 351 g/mol. The van der Waals surface area contributed by atoms with E-state index in [1.54, 1.807) is 0 Å². The van der Waals surface area contributed by atoms with Gasteiger partial charge in [0.25, 0.3) is 0 Å². The maximum Gasteiger partial charge on any atom is 0.306 e. The molecular formula is C20H33NO4. The second-order valence-corrected chi connectivity index (χ2v) is 8.44. The van der Waals surface area contributed by atoms with Crippen molar-refractivity contribution in [1.82, 2.24) is 4.90 Å². The number of hydrogen-bond donors (Lipinski definition) is 1. The molecule has 0 aromatic carbocycles. The van der Waals surface area contributed by atoms with Gasteiger partial charge in [0.1, 0.15) is 0 Å². The smallest absolute Gasteiger partial charge is 0.306 e. The summed E-state index contributed by atoms with van der Waals surface area (Å²) >= 11 is 0. The quantitative estimate of drug-likeness (QED) is 0.842. The molecule has 0 bridgehead atoms. The van der Waals surface area contributed by atoms with E-state index in [-0.39, 0.29) is 17.7 Å². The molecule has 142 valence electrons. The van der Waals surface area contributed by atoms with E-state index in [1.165, 1.54) is 25.7 Å². The fourth-order valence-corrected chi connectivity index (χ4v) is 4.75. The van der Waals surface area contributed by atoms with Crippen molar-refractivity contribution >= 4 is 11.9 Å². The maximum atomic E-state index is 12.7. The van der Waals surface area contributed by atoms with Crippen LogP contribution in [0.15, 0.2) is 0 Å². The van der Waals surface area contributed by atoms with Crippen LogP contribution in [0.3, 0.4) is 0 Å². The van der Waals surface area contributed by atoms with Crippen molar-refractivity contribution in [2.24, 2.45) is 17.8 Å². The molecule has 1 N–H and O–H groups in total. The monoisotopic (exact) mass is 351 g/mol. The van der Waals surface area contributed by atoms with E-state index in [2.05, 4.69) is 6.92 Å². The summed E-state index contributed by atoms with van der Waals surface area (Å²) in [6, 6.07) is 0. The summed E-state index contributed by atoms with van der Waals surface area (Å²) in [5.41, 5.74) is 0. The minimum Gasteiger partial charge on any atom is -0.481 e. The molecule has 1 aliphatic heterocycles. The molecule has 1 heterocycles. The van der Waals surface area contributed by atoms with Gasteiger partial charge in [0.2, 0.25) is 5.91 Å². The Morgan fingerprint density at radius 1 is 0.880 bits per heavy atom. The van der Waals surface area contributed by atoms with Gasteiger partial charge in [0.15, 0.2) is 0 Å². The van der Waals surface area contributed by atoms with E-state index >= 15 is 0 Å². The van der Waals surface area contributed by atoms with E-state index in [9.17, 15) is 14.7 Å². The molecule has 0 radical (unpaired) electrons. The second-order valence-electron chi connectivity index (χ2n) is 8.44. The van der Waals surface area contributed by atoms with E-state index in [4.69, 9.17) is 4.74 Å². The minimum absolute atomic E-state index is 0.0906. The van der Waals surface area contributed by atoms with Crippen LogP contribution < -0.4 is 0 Å². The number of rotatable bonds is 4. The summed E-state index contributed by atoms with van der Waals surface area (Å²) < 4.78 is 6.29. The summed E-state index contributed by atoms with van der Waals surface area (Å²) in [4.78, 5) is 25.9. The topological polar surface area (TPSA) is 66.8 Å². The summed E-state index contributed by atoms with van der Waals surface area (Å²) in [7, 11) is 0. The molecule has 3 rings (SSSR count). The number of ether oxygens (including phenoxy) is 1. The molecule has 0 aromatic rings. The third-order valence-corrected chi connectivity index (χ3v) is 6.47. The lowest BCUT2D eigenvalue weighted by Crippen LogP contribution is -2.45. The molecule has 25 heavy (non-hydrogen) atoms. The Kier molecular flexibility index (Phi) is 6.37. The predicted molar refractivity (Wildman–Crippen MR) is 95.2 cm³/mol. The zero-order valence-corrected chi connectivity index (χ0v) is 15.5. The predicted octanol–water partition coefficient (Wildman–Crippen LogP) is 3.46. The van der Waals surface area contributed by atoms with Gasteiger partial charge in [0, 0.05) is 19.0 Å². The first-order chi connectivity index (χ1) is 12.0. The number of carboxylic acids is 1. The van der Waals surface area contributed by atoms with Crippen LogP contribution >= 0.6 is 0 Å². The van der Waals surface area contributed by atoms with E-state index in [0.29, 0.717) is 18.6 Å². The van der Waals surface area contributed by atoms with Crippen molar-refractivity contribution in [2.75, 3.05) is 13.1 Å². The molecule has 2 aliphatic carbocycles. The molecule has 1 saturated heterocycles. The molecule has 3 fully saturated rings. The number of piperidine rings is 1. The number of carbonyl (C=O) groups is 2. The first kappa shape index (κ1) is 18.7. The van der Waals surface area contributed by atoms with Crippen LogP contribution in [0.25, 0.3) is 0 Å². The molecule has 5 heteroatoms. The highest BCUT2D eigenvalue weighted by atomic mass is 16.5. The first-order valence-electron chi connectivity index (χ1n) is 10.2. The number of carboxylic acid groups (broad SMARTS) is 1. The molecule has 2 saturated carbocycles. The van der Waals surface area contributed by atoms with Gasteiger partial charge in [-0.3, -0.25) is 9.59 Å². The van der Waals surface area contributed by atoms with E-state index in [1.807, 2.05) is 4.90 Å². The number of nitrogens with zero attached hydrogens (tertiary/aromatic N) is 1. The SMILES string of the molecule is CC1CCC(OC2CCN(C(=O)C3CCCC(C(=O)O)C3)CC2)CC1. The molecular weight excluding hydrogens is 318 g/mol. The molecule has 0 aromatic heterocycles. The number of likely N-dealkylation sites (tertiary alicyclic amines) is 1. The molecule has 1 amide bonds. The fourth-order valence-electron chi connectivity index (χ4n) is 4.75. The Morgan fingerprint density at radius 2 is 1.48 bits per heavy atom. The largest absolute Gasteiger partial charge is 0.481 e. The third kappa shape index (κ3) is 4.96. The minimum atomic E-state index is -0.744. The Hall–Kier alpha value is -1.10. The Bertz CT molecular complexity index is 464. The van der Waals surface area contributed by atoms with Gasteiger partial charge < -0.3 is 14.7 Å². The summed E-state index contributed by atoms with van der Waals surface area (Å²) in [5, 5.41) is 9.21. The maximum absolute atomic E-state index is 12.7. The zero-order chi connectivity index (χ0) is 17.8. The Labute approximate surface area is 151 Å². The van der Waals surface area contributed by atoms with Gasteiger partial charge in [0.05, 0.1) is 18.1 Å². The van der Waals surface area contributed by atoms with Gasteiger partial charge in [-0.2, -0.15) is 0 Å². The highest BCUT2D eigenvalue weighted by Crippen LogP contribution is 2.32. The van der Waals surface area contributed by atoms with Crippen LogP contribution in [0.1, 0.15) is 71.1 Å². The van der Waals surface area contributed by atoms with Crippen molar-refractivity contribution in [1.29, 1.82) is 0 Å². The van der Waals surface area contributed by atoms with Crippen molar-refractivity contribution < 1.29 is 19.4 Å². The molecule has 5 nitrogen and oxygen atoms in total. The Morgan fingerprint density at radius 3 is 2.12 bits per heavy atom. The summed E-state index contributed by atoms with van der Waals surface area (Å²) in [6.07, 6.45) is 10.4. The van der Waals surface area contributed by atoms with Gasteiger partial charge in [-0.25, -0.2) is 0 Å². The van der Waals surface area contributed by atoms with Gasteiger partial charge in [-0.1, -0.05) is 13.3 Å². The van der Waals surface area contributed by atoms with Crippen LogP contribution in [0.2, 0.25) is 0 Å². The van der Waals surface area contributed by atoms with Crippen LogP contribution in [-0.4, -0.2) is 47.2 Å². The van der Waals surface area contributed by atoms with Crippen LogP contribution in [0, 0.1) is 17.8 Å². The molecule has 0 spiro atoms. The van der Waals surface area contributed by atoms with Crippen LogP contribution in [0.4, 0.5) is 0 Å². The number of carbonyl (C=O) groups excluding carboxylic acids is 1. The molecule has 3 aliphatic rings. The first-order valence-corrected chi connectivity index (χ1v) is 10.2. The normalized spacial score (nSPS) is 34.7. The van der Waals surface area contributed by atoms with E-state index in [0.717, 1.165) is 51.1 Å². The van der Waals surface area contributed by atoms with Crippen LogP contribution in [-0.2, 0) is 14.3 Å². The molecule has 2 atom stereocenters. The second kappa shape index (κ2) is 8.52. The average Bonchev–Trinajstić information content (AvgIpc) is 2.64. The number of hydrogen-bond acceptors (Lipinski definition) is 3. The van der Waals surface area contributed by atoms with Gasteiger partial charge in [-0.05, 0) is 63.7 Å². The summed E-state index contributed by atoms with van der Waals surface area (Å²) in [6.45, 7) is 3.85. The lowest BCUT2D eigenvalue weighted by atomic mass is 9.80. The van der Waals surface area contributed by atoms with Crippen molar-refractivity contribution in [2.45, 2.75) is 83.3 Å². The zero-order valence-electron chi connectivity index (χ0n) is 15.5. The van der Waals surface area contributed by atoms with Gasteiger partial charge in [-0.15, -0.1) is 0 Å². The number of amides is 1. The van der Waals surface area contributed by atoms with Crippen molar-refractivity contribution in [3.8, 4) is 0 Å². The van der Waals surface area contributed by atoms with Crippen molar-refractivity contribution in [3.63, 3.8) is 0 Å². The summed E-state index contributed by atoms with van der Waals surface area (Å²) in [5.74, 6) is -0.156.